The molecule has 1 aliphatic carbocycles. The van der Waals surface area contributed by atoms with E-state index in [1.54, 1.807) is 0 Å². The number of benzene rings is 1. The van der Waals surface area contributed by atoms with Crippen molar-refractivity contribution in [3.05, 3.63) is 34.9 Å². The second-order valence-electron chi connectivity index (χ2n) is 6.48. The molecule has 0 saturated heterocycles. The van der Waals surface area contributed by atoms with Gasteiger partial charge in [0.2, 0.25) is 0 Å². The van der Waals surface area contributed by atoms with Gasteiger partial charge in [-0.15, -0.1) is 0 Å². The van der Waals surface area contributed by atoms with Gasteiger partial charge in [0.05, 0.1) is 12.2 Å². The summed E-state index contributed by atoms with van der Waals surface area (Å²) >= 11 is 5.94. The van der Waals surface area contributed by atoms with Crippen LogP contribution >= 0.6 is 11.6 Å². The molecule has 2 unspecified atom stereocenters. The molecule has 1 aliphatic rings. The maximum absolute atomic E-state index is 6.41. The average molecular weight is 310 g/mol. The highest BCUT2D eigenvalue weighted by Crippen LogP contribution is 2.35. The summed E-state index contributed by atoms with van der Waals surface area (Å²) in [5.74, 6) is 0.757. The van der Waals surface area contributed by atoms with Gasteiger partial charge in [-0.1, -0.05) is 50.4 Å². The molecule has 0 bridgehead atoms. The van der Waals surface area contributed by atoms with E-state index in [0.717, 1.165) is 30.5 Å². The molecule has 21 heavy (non-hydrogen) atoms. The van der Waals surface area contributed by atoms with Crippen LogP contribution in [0.15, 0.2) is 24.3 Å². The molecule has 2 nitrogen and oxygen atoms in total. The zero-order valence-electron chi connectivity index (χ0n) is 13.3. The van der Waals surface area contributed by atoms with Crippen LogP contribution in [0, 0.1) is 5.92 Å². The van der Waals surface area contributed by atoms with E-state index in [2.05, 4.69) is 31.3 Å². The summed E-state index contributed by atoms with van der Waals surface area (Å²) in [6.07, 6.45) is 6.11. The highest BCUT2D eigenvalue weighted by molar-refractivity contribution is 6.30. The van der Waals surface area contributed by atoms with Gasteiger partial charge in [0.25, 0.3) is 0 Å². The van der Waals surface area contributed by atoms with E-state index in [0.29, 0.717) is 6.61 Å². The Morgan fingerprint density at radius 1 is 1.33 bits per heavy atom. The van der Waals surface area contributed by atoms with Crippen LogP contribution in [-0.4, -0.2) is 18.7 Å². The molecule has 2 rings (SSSR count). The standard InChI is InChI=1S/C18H28ClNO/c1-3-11-20-14-18(10-4-5-15(2)12-18)21-13-16-6-8-17(19)9-7-16/h6-9,15,20H,3-5,10-14H2,1-2H3. The van der Waals surface area contributed by atoms with Crippen molar-refractivity contribution in [1.29, 1.82) is 0 Å². The summed E-state index contributed by atoms with van der Waals surface area (Å²) in [6, 6.07) is 7.99. The van der Waals surface area contributed by atoms with Gasteiger partial charge in [0.15, 0.2) is 0 Å². The molecule has 2 atom stereocenters. The van der Waals surface area contributed by atoms with Crippen LogP contribution in [0.4, 0.5) is 0 Å². The molecule has 0 aliphatic heterocycles. The van der Waals surface area contributed by atoms with Crippen molar-refractivity contribution >= 4 is 11.6 Å². The number of ether oxygens (including phenoxy) is 1. The van der Waals surface area contributed by atoms with E-state index >= 15 is 0 Å². The number of hydrogen-bond acceptors (Lipinski definition) is 2. The third-order valence-corrected chi connectivity index (χ3v) is 4.63. The van der Waals surface area contributed by atoms with Crippen LogP contribution in [0.1, 0.15) is 51.5 Å². The first-order valence-corrected chi connectivity index (χ1v) is 8.60. The van der Waals surface area contributed by atoms with Crippen molar-refractivity contribution in [2.45, 2.75) is 58.2 Å². The van der Waals surface area contributed by atoms with Crippen molar-refractivity contribution in [1.82, 2.24) is 5.32 Å². The van der Waals surface area contributed by atoms with Gasteiger partial charge in [-0.3, -0.25) is 0 Å². The molecule has 0 spiro atoms. The zero-order valence-corrected chi connectivity index (χ0v) is 14.1. The van der Waals surface area contributed by atoms with Crippen molar-refractivity contribution < 1.29 is 4.74 Å². The Morgan fingerprint density at radius 3 is 2.76 bits per heavy atom. The Morgan fingerprint density at radius 2 is 2.10 bits per heavy atom. The molecule has 3 heteroatoms. The van der Waals surface area contributed by atoms with Gasteiger partial charge in [-0.2, -0.15) is 0 Å². The fraction of sp³-hybridized carbons (Fsp3) is 0.667. The minimum Gasteiger partial charge on any atom is -0.369 e. The summed E-state index contributed by atoms with van der Waals surface area (Å²) in [7, 11) is 0. The smallest absolute Gasteiger partial charge is 0.0813 e. The van der Waals surface area contributed by atoms with E-state index in [1.807, 2.05) is 12.1 Å². The molecule has 1 saturated carbocycles. The summed E-state index contributed by atoms with van der Waals surface area (Å²) < 4.78 is 6.41. The van der Waals surface area contributed by atoms with Crippen LogP contribution in [0.5, 0.6) is 0 Å². The summed E-state index contributed by atoms with van der Waals surface area (Å²) in [6.45, 7) is 7.27. The second kappa shape index (κ2) is 8.17. The highest BCUT2D eigenvalue weighted by Gasteiger charge is 2.35. The van der Waals surface area contributed by atoms with Crippen molar-refractivity contribution in [3.63, 3.8) is 0 Å². The lowest BCUT2D eigenvalue weighted by Gasteiger charge is -2.40. The molecular formula is C18H28ClNO. The van der Waals surface area contributed by atoms with E-state index in [-0.39, 0.29) is 5.60 Å². The van der Waals surface area contributed by atoms with E-state index in [1.165, 1.54) is 31.2 Å². The fourth-order valence-electron chi connectivity index (χ4n) is 3.26. The third kappa shape index (κ3) is 5.28. The molecule has 1 aromatic rings. The van der Waals surface area contributed by atoms with E-state index in [9.17, 15) is 0 Å². The Bertz CT molecular complexity index is 420. The monoisotopic (exact) mass is 309 g/mol. The summed E-state index contributed by atoms with van der Waals surface area (Å²) in [5, 5.41) is 4.35. The fourth-order valence-corrected chi connectivity index (χ4v) is 3.39. The SMILES string of the molecule is CCCNCC1(OCc2ccc(Cl)cc2)CCCC(C)C1. The maximum atomic E-state index is 6.41. The lowest BCUT2D eigenvalue weighted by Crippen LogP contribution is -2.46. The average Bonchev–Trinajstić information content (AvgIpc) is 2.47. The first-order chi connectivity index (χ1) is 10.1. The van der Waals surface area contributed by atoms with Gasteiger partial charge in [0.1, 0.15) is 0 Å². The normalized spacial score (nSPS) is 26.0. The summed E-state index contributed by atoms with van der Waals surface area (Å²) in [5.41, 5.74) is 1.21. The Kier molecular flexibility index (Phi) is 6.53. The van der Waals surface area contributed by atoms with Crippen molar-refractivity contribution in [2.24, 2.45) is 5.92 Å². The van der Waals surface area contributed by atoms with E-state index < -0.39 is 0 Å². The van der Waals surface area contributed by atoms with Gasteiger partial charge < -0.3 is 10.1 Å². The number of hydrogen-bond donors (Lipinski definition) is 1. The maximum Gasteiger partial charge on any atom is 0.0813 e. The Labute approximate surface area is 134 Å². The van der Waals surface area contributed by atoms with Crippen LogP contribution in [-0.2, 0) is 11.3 Å². The molecule has 1 N–H and O–H groups in total. The number of halogens is 1. The molecule has 1 aromatic carbocycles. The molecule has 0 aromatic heterocycles. The first-order valence-electron chi connectivity index (χ1n) is 8.23. The number of rotatable bonds is 7. The minimum atomic E-state index is 0.00642. The molecule has 0 heterocycles. The summed E-state index contributed by atoms with van der Waals surface area (Å²) in [4.78, 5) is 0. The highest BCUT2D eigenvalue weighted by atomic mass is 35.5. The van der Waals surface area contributed by atoms with Gasteiger partial charge in [-0.25, -0.2) is 0 Å². The molecule has 0 amide bonds. The Balaban J connectivity index is 1.96. The third-order valence-electron chi connectivity index (χ3n) is 4.38. The van der Waals surface area contributed by atoms with Crippen molar-refractivity contribution in [2.75, 3.05) is 13.1 Å². The minimum absolute atomic E-state index is 0.00642. The molecule has 1 fully saturated rings. The predicted molar refractivity (Wildman–Crippen MR) is 89.8 cm³/mol. The van der Waals surface area contributed by atoms with Crippen LogP contribution < -0.4 is 5.32 Å². The molecule has 0 radical (unpaired) electrons. The van der Waals surface area contributed by atoms with Gasteiger partial charge in [-0.05, 0) is 49.4 Å². The zero-order chi connectivity index (χ0) is 15.1. The van der Waals surface area contributed by atoms with Crippen LogP contribution in [0.25, 0.3) is 0 Å². The topological polar surface area (TPSA) is 21.3 Å². The number of nitrogens with one attached hydrogen (secondary N) is 1. The molecular weight excluding hydrogens is 282 g/mol. The van der Waals surface area contributed by atoms with Crippen LogP contribution in [0.2, 0.25) is 5.02 Å². The second-order valence-corrected chi connectivity index (χ2v) is 6.91. The quantitative estimate of drug-likeness (QED) is 0.730. The first kappa shape index (κ1) is 16.8. The Hall–Kier alpha value is -0.570. The van der Waals surface area contributed by atoms with Gasteiger partial charge >= 0.3 is 0 Å². The van der Waals surface area contributed by atoms with Gasteiger partial charge in [0, 0.05) is 11.6 Å². The lowest BCUT2D eigenvalue weighted by atomic mass is 9.78. The largest absolute Gasteiger partial charge is 0.369 e. The lowest BCUT2D eigenvalue weighted by molar-refractivity contribution is -0.0888. The van der Waals surface area contributed by atoms with E-state index in [4.69, 9.17) is 16.3 Å². The van der Waals surface area contributed by atoms with Crippen molar-refractivity contribution in [3.8, 4) is 0 Å². The predicted octanol–water partition coefficient (Wildman–Crippen LogP) is 4.81. The van der Waals surface area contributed by atoms with Crippen LogP contribution in [0.3, 0.4) is 0 Å². The molecule has 118 valence electrons.